The largest absolute Gasteiger partial charge is 0.469 e. The van der Waals surface area contributed by atoms with Gasteiger partial charge in [0, 0.05) is 12.6 Å². The molecule has 0 amide bonds. The van der Waals surface area contributed by atoms with Crippen molar-refractivity contribution in [2.75, 3.05) is 11.9 Å². The highest BCUT2D eigenvalue weighted by atomic mass is 35.5. The van der Waals surface area contributed by atoms with Crippen LogP contribution in [0.4, 0.5) is 11.5 Å². The molecule has 3 heterocycles. The molecule has 34 heavy (non-hydrogen) atoms. The average Bonchev–Trinajstić information content (AvgIpc) is 3.32. The van der Waals surface area contributed by atoms with Gasteiger partial charge in [-0.25, -0.2) is 19.5 Å². The second-order valence-electron chi connectivity index (χ2n) is 7.23. The number of nitro groups is 1. The van der Waals surface area contributed by atoms with Gasteiger partial charge in [-0.3, -0.25) is 19.2 Å². The summed E-state index contributed by atoms with van der Waals surface area (Å²) in [5.74, 6) is 0.215. The Kier molecular flexibility index (Phi) is 6.80. The maximum absolute atomic E-state index is 11.3. The van der Waals surface area contributed by atoms with Gasteiger partial charge in [-0.05, 0) is 6.07 Å². The number of halogens is 1. The molecule has 182 valence electrons. The number of nitro benzene ring substituents is 1. The molecule has 3 aromatic rings. The fourth-order valence-corrected chi connectivity index (χ4v) is 4.08. The van der Waals surface area contributed by atoms with Gasteiger partial charge in [-0.15, -0.1) is 0 Å². The zero-order valence-corrected chi connectivity index (χ0v) is 18.7. The lowest BCUT2D eigenvalue weighted by Gasteiger charge is -2.16. The van der Waals surface area contributed by atoms with E-state index in [9.17, 15) is 24.9 Å². The maximum atomic E-state index is 11.3. The summed E-state index contributed by atoms with van der Waals surface area (Å²) >= 11 is 6.12. The van der Waals surface area contributed by atoms with E-state index in [4.69, 9.17) is 26.1 Å². The number of ether oxygens (including phenoxy) is 1. The van der Waals surface area contributed by atoms with Gasteiger partial charge in [0.15, 0.2) is 23.2 Å². The van der Waals surface area contributed by atoms with Crippen molar-refractivity contribution in [3.8, 4) is 0 Å². The average molecular weight is 517 g/mol. The summed E-state index contributed by atoms with van der Waals surface area (Å²) in [7, 11) is -4.81. The normalized spacial score (nSPS) is 22.9. The van der Waals surface area contributed by atoms with Gasteiger partial charge in [-0.2, -0.15) is 0 Å². The molecule has 0 aliphatic carbocycles. The molecule has 4 rings (SSSR count). The van der Waals surface area contributed by atoms with E-state index in [1.807, 2.05) is 0 Å². The summed E-state index contributed by atoms with van der Waals surface area (Å²) in [6.45, 7) is -0.706. The molecule has 0 saturated carbocycles. The smallest absolute Gasteiger partial charge is 0.387 e. The molecule has 0 unspecified atom stereocenters. The summed E-state index contributed by atoms with van der Waals surface area (Å²) in [5.41, 5.74) is 0.498. The molecule has 17 heteroatoms. The first-order chi connectivity index (χ1) is 16.1. The zero-order chi connectivity index (χ0) is 24.6. The van der Waals surface area contributed by atoms with Crippen LogP contribution in [0.5, 0.6) is 0 Å². The lowest BCUT2D eigenvalue weighted by molar-refractivity contribution is -0.385. The molecule has 1 aliphatic rings. The number of rotatable bonds is 8. The van der Waals surface area contributed by atoms with Gasteiger partial charge in [0.05, 0.1) is 28.4 Å². The highest BCUT2D eigenvalue weighted by Gasteiger charge is 2.45. The van der Waals surface area contributed by atoms with E-state index in [-0.39, 0.29) is 39.8 Å². The van der Waals surface area contributed by atoms with Gasteiger partial charge in [0.1, 0.15) is 24.6 Å². The third-order valence-electron chi connectivity index (χ3n) is 5.10. The number of benzene rings is 1. The molecule has 0 spiro atoms. The quantitative estimate of drug-likeness (QED) is 0.159. The third kappa shape index (κ3) is 4.87. The molecule has 1 saturated heterocycles. The summed E-state index contributed by atoms with van der Waals surface area (Å²) in [5, 5.41) is 35.0. The predicted octanol–water partition coefficient (Wildman–Crippen LogP) is 0.728. The fraction of sp³-hybridized carbons (Fsp3) is 0.353. The molecule has 4 atom stereocenters. The van der Waals surface area contributed by atoms with E-state index in [1.165, 1.54) is 35.4 Å². The number of aliphatic hydroxyl groups excluding tert-OH is 2. The van der Waals surface area contributed by atoms with Crippen molar-refractivity contribution in [1.82, 2.24) is 19.5 Å². The Morgan fingerprint density at radius 2 is 2.03 bits per heavy atom. The number of nitrogens with one attached hydrogen (secondary N) is 1. The number of hydrogen-bond acceptors (Lipinski definition) is 11. The van der Waals surface area contributed by atoms with Crippen LogP contribution < -0.4 is 5.32 Å². The Balaban J connectivity index is 1.57. The lowest BCUT2D eigenvalue weighted by atomic mass is 10.1. The Hall–Kier alpha value is -2.75. The van der Waals surface area contributed by atoms with Crippen molar-refractivity contribution in [3.63, 3.8) is 0 Å². The van der Waals surface area contributed by atoms with E-state index in [1.54, 1.807) is 0 Å². The van der Waals surface area contributed by atoms with Crippen LogP contribution in [0.3, 0.4) is 0 Å². The number of aromatic nitrogens is 4. The van der Waals surface area contributed by atoms with Crippen LogP contribution in [0.2, 0.25) is 5.02 Å². The monoisotopic (exact) mass is 516 g/mol. The third-order valence-corrected chi connectivity index (χ3v) is 5.94. The Morgan fingerprint density at radius 3 is 2.74 bits per heavy atom. The maximum Gasteiger partial charge on any atom is 0.469 e. The molecular weight excluding hydrogens is 499 g/mol. The zero-order valence-electron chi connectivity index (χ0n) is 17.0. The standard InChI is InChI=1S/C17H18ClN6O9P/c18-9-2-1-3-10(24(27)28)8(9)4-19-15-12-16(21-6-20-15)23(7-22-12)17-14(26)13(25)11(33-17)5-32-34(29,30)31/h1-3,6-7,11,13-14,17,25-26H,4-5H2,(H,19,20,21)(H2,29,30,31)/t11-,13-,14-,17-/m1/s1. The number of aliphatic hydroxyl groups is 2. The first-order valence-electron chi connectivity index (χ1n) is 9.61. The first kappa shape index (κ1) is 24.4. The van der Waals surface area contributed by atoms with Gasteiger partial charge >= 0.3 is 7.82 Å². The minimum absolute atomic E-state index is 0.0436. The van der Waals surface area contributed by atoms with Crippen molar-refractivity contribution >= 4 is 42.1 Å². The highest BCUT2D eigenvalue weighted by Crippen LogP contribution is 2.39. The van der Waals surface area contributed by atoms with E-state index in [0.717, 1.165) is 0 Å². The summed E-state index contributed by atoms with van der Waals surface area (Å²) in [6.07, 6.45) is -2.96. The Labute approximate surface area is 195 Å². The number of anilines is 1. The Bertz CT molecular complexity index is 1270. The van der Waals surface area contributed by atoms with Gasteiger partial charge in [0.2, 0.25) is 0 Å². The van der Waals surface area contributed by atoms with E-state index in [0.29, 0.717) is 0 Å². The molecule has 0 radical (unpaired) electrons. The minimum Gasteiger partial charge on any atom is -0.387 e. The molecule has 1 aromatic carbocycles. The SMILES string of the molecule is O=[N+]([O-])c1cccc(Cl)c1CNc1ncnc2c1ncn2[C@@H]1O[C@H](COP(=O)(O)O)[C@@H](O)[C@H]1O. The number of phosphoric ester groups is 1. The number of nitrogens with zero attached hydrogens (tertiary/aromatic N) is 5. The molecule has 15 nitrogen and oxygen atoms in total. The fourth-order valence-electron chi connectivity index (χ4n) is 3.50. The summed E-state index contributed by atoms with van der Waals surface area (Å²) < 4.78 is 22.1. The number of hydrogen-bond donors (Lipinski definition) is 5. The van der Waals surface area contributed by atoms with Gasteiger partial charge in [-0.1, -0.05) is 17.7 Å². The molecule has 2 aromatic heterocycles. The van der Waals surface area contributed by atoms with Crippen molar-refractivity contribution < 1.29 is 38.7 Å². The Morgan fingerprint density at radius 1 is 1.26 bits per heavy atom. The molecular formula is C17H18ClN6O9P. The van der Waals surface area contributed by atoms with Crippen molar-refractivity contribution in [2.45, 2.75) is 31.1 Å². The van der Waals surface area contributed by atoms with Crippen LogP contribution in [0.1, 0.15) is 11.8 Å². The number of fused-ring (bicyclic) bond motifs is 1. The predicted molar refractivity (Wildman–Crippen MR) is 115 cm³/mol. The van der Waals surface area contributed by atoms with Crippen LogP contribution in [-0.2, 0) is 20.4 Å². The minimum atomic E-state index is -4.81. The molecule has 1 aliphatic heterocycles. The van der Waals surface area contributed by atoms with Crippen molar-refractivity contribution in [3.05, 3.63) is 51.6 Å². The molecule has 0 bridgehead atoms. The number of imidazole rings is 1. The van der Waals surface area contributed by atoms with Gasteiger partial charge < -0.3 is 30.1 Å². The number of phosphoric acid groups is 1. The molecule has 5 N–H and O–H groups in total. The van der Waals surface area contributed by atoms with Crippen LogP contribution in [0.15, 0.2) is 30.9 Å². The van der Waals surface area contributed by atoms with E-state index >= 15 is 0 Å². The lowest BCUT2D eigenvalue weighted by Crippen LogP contribution is -2.33. The van der Waals surface area contributed by atoms with E-state index in [2.05, 4.69) is 24.8 Å². The summed E-state index contributed by atoms with van der Waals surface area (Å²) in [4.78, 5) is 40.9. The van der Waals surface area contributed by atoms with Crippen LogP contribution in [0.25, 0.3) is 11.2 Å². The second-order valence-corrected chi connectivity index (χ2v) is 8.87. The topological polar surface area (TPSA) is 215 Å². The van der Waals surface area contributed by atoms with Gasteiger partial charge in [0.25, 0.3) is 5.69 Å². The first-order valence-corrected chi connectivity index (χ1v) is 11.5. The van der Waals surface area contributed by atoms with Crippen LogP contribution >= 0.6 is 19.4 Å². The van der Waals surface area contributed by atoms with Crippen LogP contribution in [0, 0.1) is 10.1 Å². The highest BCUT2D eigenvalue weighted by molar-refractivity contribution is 7.46. The molecule has 1 fully saturated rings. The van der Waals surface area contributed by atoms with Crippen molar-refractivity contribution in [1.29, 1.82) is 0 Å². The van der Waals surface area contributed by atoms with E-state index < -0.39 is 43.9 Å². The van der Waals surface area contributed by atoms with Crippen LogP contribution in [-0.4, -0.2) is 69.4 Å². The second kappa shape index (κ2) is 9.48. The summed E-state index contributed by atoms with van der Waals surface area (Å²) in [6, 6.07) is 4.31. The van der Waals surface area contributed by atoms with Crippen molar-refractivity contribution in [2.24, 2.45) is 0 Å².